The van der Waals surface area contributed by atoms with E-state index in [4.69, 9.17) is 17.0 Å². The van der Waals surface area contributed by atoms with Gasteiger partial charge < -0.3 is 10.0 Å². The van der Waals surface area contributed by atoms with Gasteiger partial charge in [-0.2, -0.15) is 0 Å². The van der Waals surface area contributed by atoms with Gasteiger partial charge in [-0.1, -0.05) is 11.6 Å². The number of nitrogens with zero attached hydrogens (tertiary/aromatic N) is 2. The van der Waals surface area contributed by atoms with Crippen LogP contribution in [0.15, 0.2) is 35.4 Å². The SMILES string of the molecule is Cc1csc(C2=C(O)CN(c3ccc(Cl)cc3)C2=N)n1. The Balaban J connectivity index is 1.94. The van der Waals surface area contributed by atoms with Crippen LogP contribution in [-0.2, 0) is 0 Å². The summed E-state index contributed by atoms with van der Waals surface area (Å²) >= 11 is 7.31. The van der Waals surface area contributed by atoms with Gasteiger partial charge in [-0.25, -0.2) is 4.98 Å². The summed E-state index contributed by atoms with van der Waals surface area (Å²) < 4.78 is 0. The number of rotatable bonds is 2. The lowest BCUT2D eigenvalue weighted by molar-refractivity contribution is 0.411. The summed E-state index contributed by atoms with van der Waals surface area (Å²) in [6.45, 7) is 2.18. The van der Waals surface area contributed by atoms with Gasteiger partial charge in [0.15, 0.2) is 0 Å². The minimum Gasteiger partial charge on any atom is -0.510 e. The van der Waals surface area contributed by atoms with Crippen LogP contribution in [0, 0.1) is 12.3 Å². The van der Waals surface area contributed by atoms with Gasteiger partial charge in [0, 0.05) is 21.8 Å². The first-order chi connectivity index (χ1) is 9.56. The number of aryl methyl sites for hydroxylation is 1. The van der Waals surface area contributed by atoms with Crippen molar-refractivity contribution in [2.75, 3.05) is 11.4 Å². The van der Waals surface area contributed by atoms with Crippen LogP contribution in [0.4, 0.5) is 5.69 Å². The maximum Gasteiger partial charge on any atom is 0.139 e. The van der Waals surface area contributed by atoms with Gasteiger partial charge >= 0.3 is 0 Å². The van der Waals surface area contributed by atoms with Crippen LogP contribution in [0.5, 0.6) is 0 Å². The summed E-state index contributed by atoms with van der Waals surface area (Å²) in [5.74, 6) is 0.443. The molecule has 0 aliphatic carbocycles. The Morgan fingerprint density at radius 3 is 2.65 bits per heavy atom. The standard InChI is InChI=1S/C14H12ClN3OS/c1-8-7-20-14(17-8)12-11(19)6-18(13(12)16)10-4-2-9(15)3-5-10/h2-5,7,16,19H,6H2,1H3. The molecule has 0 unspecified atom stereocenters. The monoisotopic (exact) mass is 305 g/mol. The van der Waals surface area contributed by atoms with Crippen molar-refractivity contribution < 1.29 is 5.11 Å². The van der Waals surface area contributed by atoms with Crippen LogP contribution < -0.4 is 4.90 Å². The summed E-state index contributed by atoms with van der Waals surface area (Å²) in [5, 5.41) is 21.7. The molecule has 0 saturated heterocycles. The highest BCUT2D eigenvalue weighted by atomic mass is 35.5. The Hall–Kier alpha value is -1.85. The highest BCUT2D eigenvalue weighted by molar-refractivity contribution is 7.11. The molecule has 1 aromatic carbocycles. The summed E-state index contributed by atoms with van der Waals surface area (Å²) in [4.78, 5) is 6.08. The van der Waals surface area contributed by atoms with E-state index in [9.17, 15) is 5.11 Å². The number of thiazole rings is 1. The summed E-state index contributed by atoms with van der Waals surface area (Å²) in [7, 11) is 0. The van der Waals surface area contributed by atoms with Crippen LogP contribution in [-0.4, -0.2) is 22.5 Å². The number of nitrogens with one attached hydrogen (secondary N) is 1. The van der Waals surface area contributed by atoms with E-state index < -0.39 is 0 Å². The molecule has 0 radical (unpaired) electrons. The van der Waals surface area contributed by atoms with Crippen molar-refractivity contribution in [1.29, 1.82) is 5.41 Å². The molecular formula is C14H12ClN3OS. The Morgan fingerprint density at radius 1 is 1.35 bits per heavy atom. The van der Waals surface area contributed by atoms with Crippen LogP contribution >= 0.6 is 22.9 Å². The second-order valence-corrected chi connectivity index (χ2v) is 5.82. The average Bonchev–Trinajstić information content (AvgIpc) is 2.95. The van der Waals surface area contributed by atoms with Gasteiger partial charge in [0.25, 0.3) is 0 Å². The molecule has 0 fully saturated rings. The van der Waals surface area contributed by atoms with Crippen molar-refractivity contribution in [3.8, 4) is 0 Å². The Labute approximate surface area is 125 Å². The third-order valence-electron chi connectivity index (χ3n) is 3.07. The van der Waals surface area contributed by atoms with Crippen molar-refractivity contribution in [3.63, 3.8) is 0 Å². The van der Waals surface area contributed by atoms with Gasteiger partial charge in [0.1, 0.15) is 16.6 Å². The molecule has 0 atom stereocenters. The van der Waals surface area contributed by atoms with E-state index in [1.165, 1.54) is 11.3 Å². The fourth-order valence-corrected chi connectivity index (χ4v) is 3.10. The number of hydrogen-bond acceptors (Lipinski definition) is 4. The molecule has 0 saturated carbocycles. The first kappa shape index (κ1) is 13.1. The Bertz CT molecular complexity index is 705. The number of benzene rings is 1. The molecule has 2 aromatic rings. The quantitative estimate of drug-likeness (QED) is 0.885. The van der Waals surface area contributed by atoms with E-state index >= 15 is 0 Å². The van der Waals surface area contributed by atoms with Crippen molar-refractivity contribution >= 4 is 40.0 Å². The number of aliphatic hydroxyl groups is 1. The predicted molar refractivity (Wildman–Crippen MR) is 82.9 cm³/mol. The van der Waals surface area contributed by atoms with Gasteiger partial charge in [-0.3, -0.25) is 5.41 Å². The van der Waals surface area contributed by atoms with Gasteiger partial charge in [-0.05, 0) is 31.2 Å². The fourth-order valence-electron chi connectivity index (χ4n) is 2.11. The molecule has 3 rings (SSSR count). The zero-order valence-corrected chi connectivity index (χ0v) is 12.3. The van der Waals surface area contributed by atoms with Crippen molar-refractivity contribution in [1.82, 2.24) is 4.98 Å². The lowest BCUT2D eigenvalue weighted by atomic mass is 10.2. The normalized spacial score (nSPS) is 15.3. The van der Waals surface area contributed by atoms with E-state index in [1.54, 1.807) is 17.0 Å². The third-order valence-corrected chi connectivity index (χ3v) is 4.30. The number of amidine groups is 1. The average molecular weight is 306 g/mol. The maximum absolute atomic E-state index is 10.1. The molecule has 6 heteroatoms. The molecule has 0 amide bonds. The molecule has 1 aromatic heterocycles. The van der Waals surface area contributed by atoms with Crippen LogP contribution in [0.25, 0.3) is 5.57 Å². The summed E-state index contributed by atoms with van der Waals surface area (Å²) in [6.07, 6.45) is 0. The minimum absolute atomic E-state index is 0.180. The third kappa shape index (κ3) is 2.19. The largest absolute Gasteiger partial charge is 0.510 e. The molecule has 102 valence electrons. The van der Waals surface area contributed by atoms with Gasteiger partial charge in [0.05, 0.1) is 12.1 Å². The Kier molecular flexibility index (Phi) is 3.23. The predicted octanol–water partition coefficient (Wildman–Crippen LogP) is 3.87. The molecule has 1 aliphatic heterocycles. The van der Waals surface area contributed by atoms with Crippen LogP contribution in [0.1, 0.15) is 10.7 Å². The molecule has 2 N–H and O–H groups in total. The number of aromatic nitrogens is 1. The lowest BCUT2D eigenvalue weighted by Gasteiger charge is -2.18. The van der Waals surface area contributed by atoms with E-state index in [1.807, 2.05) is 24.4 Å². The van der Waals surface area contributed by atoms with E-state index in [0.29, 0.717) is 15.6 Å². The molecule has 4 nitrogen and oxygen atoms in total. The van der Waals surface area contributed by atoms with Crippen molar-refractivity contribution in [2.24, 2.45) is 0 Å². The molecule has 2 heterocycles. The molecule has 1 aliphatic rings. The number of halogens is 1. The number of anilines is 1. The zero-order chi connectivity index (χ0) is 14.3. The minimum atomic E-state index is 0.180. The highest BCUT2D eigenvalue weighted by Crippen LogP contribution is 2.32. The smallest absolute Gasteiger partial charge is 0.139 e. The molecular weight excluding hydrogens is 294 g/mol. The van der Waals surface area contributed by atoms with E-state index in [0.717, 1.165) is 11.4 Å². The topological polar surface area (TPSA) is 60.2 Å². The number of aliphatic hydroxyl groups excluding tert-OH is 1. The summed E-state index contributed by atoms with van der Waals surface area (Å²) in [6, 6.07) is 7.21. The van der Waals surface area contributed by atoms with Gasteiger partial charge in [-0.15, -0.1) is 11.3 Å². The maximum atomic E-state index is 10.1. The van der Waals surface area contributed by atoms with Gasteiger partial charge in [0.2, 0.25) is 0 Å². The lowest BCUT2D eigenvalue weighted by Crippen LogP contribution is -2.25. The van der Waals surface area contributed by atoms with E-state index in [2.05, 4.69) is 4.98 Å². The summed E-state index contributed by atoms with van der Waals surface area (Å²) in [5.41, 5.74) is 2.23. The van der Waals surface area contributed by atoms with E-state index in [-0.39, 0.29) is 18.1 Å². The highest BCUT2D eigenvalue weighted by Gasteiger charge is 2.30. The molecule has 0 bridgehead atoms. The number of hydrogen-bond donors (Lipinski definition) is 2. The second-order valence-electron chi connectivity index (χ2n) is 4.53. The first-order valence-electron chi connectivity index (χ1n) is 6.03. The Morgan fingerprint density at radius 2 is 2.05 bits per heavy atom. The van der Waals surface area contributed by atoms with Crippen LogP contribution in [0.2, 0.25) is 5.02 Å². The molecule has 0 spiro atoms. The zero-order valence-electron chi connectivity index (χ0n) is 10.7. The first-order valence-corrected chi connectivity index (χ1v) is 7.28. The fraction of sp³-hybridized carbons (Fsp3) is 0.143. The molecule has 20 heavy (non-hydrogen) atoms. The second kappa shape index (κ2) is 4.92. The van der Waals surface area contributed by atoms with Crippen LogP contribution in [0.3, 0.4) is 0 Å². The van der Waals surface area contributed by atoms with Crippen molar-refractivity contribution in [3.05, 3.63) is 51.1 Å². The van der Waals surface area contributed by atoms with Crippen molar-refractivity contribution in [2.45, 2.75) is 6.92 Å².